The van der Waals surface area contributed by atoms with Gasteiger partial charge in [-0.15, -0.1) is 0 Å². The number of aliphatic carboxylic acids is 1. The van der Waals surface area contributed by atoms with Crippen molar-refractivity contribution < 1.29 is 9.90 Å². The number of aromatic nitrogens is 2. The van der Waals surface area contributed by atoms with Gasteiger partial charge in [-0.25, -0.2) is 4.98 Å². The zero-order chi connectivity index (χ0) is 26.1. The molecule has 2 saturated heterocycles. The maximum absolute atomic E-state index is 11.2. The van der Waals surface area contributed by atoms with Crippen molar-refractivity contribution in [3.63, 3.8) is 0 Å². The zero-order valence-corrected chi connectivity index (χ0v) is 23.2. The molecule has 3 aliphatic rings. The Hall–Kier alpha value is -2.09. The molecule has 0 spiro atoms. The first-order chi connectivity index (χ1) is 17.8. The number of hydrogen-bond acceptors (Lipinski definition) is 6. The maximum atomic E-state index is 11.2. The number of halogens is 2. The van der Waals surface area contributed by atoms with Crippen LogP contribution in [0.1, 0.15) is 62.6 Å². The Bertz CT molecular complexity index is 1120. The van der Waals surface area contributed by atoms with Crippen LogP contribution in [0.15, 0.2) is 24.4 Å². The van der Waals surface area contributed by atoms with Gasteiger partial charge in [-0.1, -0.05) is 35.3 Å². The number of likely N-dealkylation sites (tertiary alicyclic amines) is 1. The summed E-state index contributed by atoms with van der Waals surface area (Å²) in [5, 5.41) is 13.9. The summed E-state index contributed by atoms with van der Waals surface area (Å²) in [5.41, 5.74) is 2.13. The van der Waals surface area contributed by atoms with Crippen LogP contribution in [0.5, 0.6) is 0 Å². The SMILES string of the molecule is Cc1ccc([C@@H](C)Nc2nc(N3CCC(C4CCCN(C5CC(C(=O)O)C5)C4)CC3)ncc2Cl)c(Cl)c1. The first-order valence-electron chi connectivity index (χ1n) is 13.6. The van der Waals surface area contributed by atoms with E-state index in [1.807, 2.05) is 19.1 Å². The third-order valence-corrected chi connectivity index (χ3v) is 9.27. The monoisotopic (exact) mass is 545 g/mol. The van der Waals surface area contributed by atoms with Gasteiger partial charge >= 0.3 is 5.97 Å². The van der Waals surface area contributed by atoms with Crippen LogP contribution in [-0.4, -0.2) is 58.2 Å². The minimum atomic E-state index is -0.631. The van der Waals surface area contributed by atoms with Crippen LogP contribution in [0.4, 0.5) is 11.8 Å². The van der Waals surface area contributed by atoms with Gasteiger partial charge in [0.1, 0.15) is 5.02 Å². The largest absolute Gasteiger partial charge is 0.481 e. The van der Waals surface area contributed by atoms with Crippen molar-refractivity contribution in [1.29, 1.82) is 0 Å². The molecule has 2 aromatic rings. The van der Waals surface area contributed by atoms with Crippen molar-refractivity contribution in [2.75, 3.05) is 36.4 Å². The summed E-state index contributed by atoms with van der Waals surface area (Å²) in [4.78, 5) is 25.4. The van der Waals surface area contributed by atoms with Crippen molar-refractivity contribution in [3.05, 3.63) is 45.6 Å². The molecule has 5 rings (SSSR count). The number of hydrogen-bond donors (Lipinski definition) is 2. The number of rotatable bonds is 7. The minimum Gasteiger partial charge on any atom is -0.481 e. The second kappa shape index (κ2) is 11.3. The van der Waals surface area contributed by atoms with Crippen LogP contribution in [0.3, 0.4) is 0 Å². The van der Waals surface area contributed by atoms with E-state index in [9.17, 15) is 9.90 Å². The van der Waals surface area contributed by atoms with Crippen molar-refractivity contribution >= 4 is 40.9 Å². The van der Waals surface area contributed by atoms with Gasteiger partial charge in [-0.05, 0) is 87.9 Å². The Balaban J connectivity index is 1.17. The van der Waals surface area contributed by atoms with Gasteiger partial charge in [-0.3, -0.25) is 4.79 Å². The Morgan fingerprint density at radius 3 is 2.57 bits per heavy atom. The van der Waals surface area contributed by atoms with Gasteiger partial charge in [0, 0.05) is 30.7 Å². The first kappa shape index (κ1) is 26.5. The predicted octanol–water partition coefficient (Wildman–Crippen LogP) is 6.06. The highest BCUT2D eigenvalue weighted by Gasteiger charge is 2.40. The van der Waals surface area contributed by atoms with E-state index >= 15 is 0 Å². The average Bonchev–Trinajstić information content (AvgIpc) is 2.84. The number of aryl methyl sites for hydroxylation is 1. The van der Waals surface area contributed by atoms with Gasteiger partial charge in [0.2, 0.25) is 5.95 Å². The molecule has 0 bridgehead atoms. The third-order valence-electron chi connectivity index (χ3n) is 8.66. The van der Waals surface area contributed by atoms with Crippen LogP contribution >= 0.6 is 23.2 Å². The normalized spacial score (nSPS) is 25.9. The summed E-state index contributed by atoms with van der Waals surface area (Å²) in [7, 11) is 0. The molecule has 3 fully saturated rings. The van der Waals surface area contributed by atoms with Gasteiger partial charge in [0.05, 0.1) is 18.2 Å². The highest BCUT2D eigenvalue weighted by molar-refractivity contribution is 6.33. The van der Waals surface area contributed by atoms with Crippen LogP contribution < -0.4 is 10.2 Å². The van der Waals surface area contributed by atoms with E-state index in [-0.39, 0.29) is 12.0 Å². The molecule has 37 heavy (non-hydrogen) atoms. The van der Waals surface area contributed by atoms with Crippen molar-refractivity contribution in [2.24, 2.45) is 17.8 Å². The molecule has 2 N–H and O–H groups in total. The topological polar surface area (TPSA) is 81.6 Å². The lowest BCUT2D eigenvalue weighted by atomic mass is 9.75. The molecule has 1 aromatic carbocycles. The molecular formula is C28H37Cl2N5O2. The molecule has 1 aliphatic carbocycles. The summed E-state index contributed by atoms with van der Waals surface area (Å²) in [6.07, 6.45) is 8.08. The Morgan fingerprint density at radius 2 is 1.86 bits per heavy atom. The maximum Gasteiger partial charge on any atom is 0.306 e. The third kappa shape index (κ3) is 5.99. The van der Waals surface area contributed by atoms with Crippen LogP contribution in [0.2, 0.25) is 10.0 Å². The fourth-order valence-electron chi connectivity index (χ4n) is 6.29. The van der Waals surface area contributed by atoms with Crippen LogP contribution in [0.25, 0.3) is 0 Å². The van der Waals surface area contributed by atoms with Crippen molar-refractivity contribution in [2.45, 2.75) is 64.5 Å². The average molecular weight is 547 g/mol. The number of anilines is 2. The fourth-order valence-corrected chi connectivity index (χ4v) is 6.84. The van der Waals surface area contributed by atoms with E-state index in [4.69, 9.17) is 28.2 Å². The van der Waals surface area contributed by atoms with E-state index in [2.05, 4.69) is 33.1 Å². The molecule has 200 valence electrons. The summed E-state index contributed by atoms with van der Waals surface area (Å²) < 4.78 is 0. The van der Waals surface area contributed by atoms with E-state index < -0.39 is 5.97 Å². The molecule has 7 nitrogen and oxygen atoms in total. The predicted molar refractivity (Wildman–Crippen MR) is 149 cm³/mol. The molecule has 2 aliphatic heterocycles. The number of nitrogens with one attached hydrogen (secondary N) is 1. The van der Waals surface area contributed by atoms with E-state index in [1.54, 1.807) is 6.20 Å². The summed E-state index contributed by atoms with van der Waals surface area (Å²) in [6.45, 7) is 8.19. The van der Waals surface area contributed by atoms with Gasteiger partial charge < -0.3 is 20.2 Å². The van der Waals surface area contributed by atoms with Crippen LogP contribution in [-0.2, 0) is 4.79 Å². The standard InChI is InChI=1S/C28H37Cl2N5O2/c1-17-5-6-23(24(29)12-17)18(2)32-26-25(30)15-31-28(33-26)34-10-7-19(8-11-34)20-4-3-9-35(16-20)22-13-21(14-22)27(36)37/h5-6,12,15,18-22H,3-4,7-11,13-14,16H2,1-2H3,(H,36,37)(H,31,32,33)/t18-,20?,21?,22?/m1/s1. The van der Waals surface area contributed by atoms with E-state index in [0.29, 0.717) is 34.7 Å². The Kier molecular flexibility index (Phi) is 8.13. The Labute approximate surface area is 229 Å². The summed E-state index contributed by atoms with van der Waals surface area (Å²) in [5.74, 6) is 1.97. The molecule has 2 atom stereocenters. The summed E-state index contributed by atoms with van der Waals surface area (Å²) in [6, 6.07) is 6.49. The van der Waals surface area contributed by atoms with E-state index in [1.165, 1.54) is 12.8 Å². The van der Waals surface area contributed by atoms with Gasteiger partial charge in [0.15, 0.2) is 5.82 Å². The highest BCUT2D eigenvalue weighted by Crippen LogP contribution is 2.38. The number of nitrogens with zero attached hydrogens (tertiary/aromatic N) is 4. The molecular weight excluding hydrogens is 509 g/mol. The quantitative estimate of drug-likeness (QED) is 0.437. The van der Waals surface area contributed by atoms with Crippen molar-refractivity contribution in [1.82, 2.24) is 14.9 Å². The number of benzene rings is 1. The second-order valence-electron chi connectivity index (χ2n) is 11.1. The van der Waals surface area contributed by atoms with Crippen LogP contribution in [0, 0.1) is 24.7 Å². The molecule has 3 heterocycles. The lowest BCUT2D eigenvalue weighted by Crippen LogP contribution is -2.52. The number of carboxylic acids is 1. The van der Waals surface area contributed by atoms with Crippen molar-refractivity contribution in [3.8, 4) is 0 Å². The molecule has 0 radical (unpaired) electrons. The fraction of sp³-hybridized carbons (Fsp3) is 0.607. The lowest BCUT2D eigenvalue weighted by Gasteiger charge is -2.47. The minimum absolute atomic E-state index is 0.0465. The van der Waals surface area contributed by atoms with Gasteiger partial charge in [0.25, 0.3) is 0 Å². The Morgan fingerprint density at radius 1 is 1.11 bits per heavy atom. The van der Waals surface area contributed by atoms with Gasteiger partial charge in [-0.2, -0.15) is 4.98 Å². The number of carboxylic acid groups (broad SMARTS) is 1. The first-order valence-corrected chi connectivity index (χ1v) is 14.3. The zero-order valence-electron chi connectivity index (χ0n) is 21.7. The molecule has 9 heteroatoms. The van der Waals surface area contributed by atoms with E-state index in [0.717, 1.165) is 68.0 Å². The highest BCUT2D eigenvalue weighted by atomic mass is 35.5. The number of carbonyl (C=O) groups is 1. The molecule has 1 saturated carbocycles. The molecule has 1 unspecified atom stereocenters. The molecule has 1 aromatic heterocycles. The molecule has 0 amide bonds. The summed E-state index contributed by atoms with van der Waals surface area (Å²) >= 11 is 12.9. The number of piperidine rings is 2. The second-order valence-corrected chi connectivity index (χ2v) is 12.0. The smallest absolute Gasteiger partial charge is 0.306 e. The lowest BCUT2D eigenvalue weighted by molar-refractivity contribution is -0.147.